The number of carbonyl (C=O) groups excluding carboxylic acids is 2. The number of rotatable bonds is 9. The molecule has 2 amide bonds. The van der Waals surface area contributed by atoms with E-state index in [1.807, 2.05) is 86.5 Å². The fourth-order valence-electron chi connectivity index (χ4n) is 2.70. The molecule has 2 aromatic rings. The van der Waals surface area contributed by atoms with Gasteiger partial charge in [-0.25, -0.2) is 10.9 Å². The van der Waals surface area contributed by atoms with Crippen LogP contribution in [0.25, 0.3) is 0 Å². The first-order valence-electron chi connectivity index (χ1n) is 10.0. The average Bonchev–Trinajstić information content (AvgIpc) is 2.75. The van der Waals surface area contributed by atoms with Crippen molar-refractivity contribution in [1.82, 2.24) is 10.9 Å². The van der Waals surface area contributed by atoms with E-state index in [1.165, 1.54) is 12.4 Å². The molecule has 31 heavy (non-hydrogen) atoms. The zero-order chi connectivity index (χ0) is 22.8. The van der Waals surface area contributed by atoms with E-state index in [0.29, 0.717) is 6.42 Å². The van der Waals surface area contributed by atoms with E-state index in [0.717, 1.165) is 22.5 Å². The van der Waals surface area contributed by atoms with Crippen LogP contribution in [0.5, 0.6) is 0 Å². The number of benzene rings is 2. The average molecular weight is 423 g/mol. The SMILES string of the molecule is CCC(C(=O)N/N=C/c1ccc(N(C)C)cc1)C(=O)N/N=C/c1ccc(N(C)C)cc1. The van der Waals surface area contributed by atoms with Gasteiger partial charge in [0.05, 0.1) is 12.4 Å². The molecule has 0 aliphatic rings. The molecule has 0 atom stereocenters. The minimum atomic E-state index is -0.887. The topological polar surface area (TPSA) is 89.4 Å². The van der Waals surface area contributed by atoms with Crippen LogP contribution in [0.2, 0.25) is 0 Å². The summed E-state index contributed by atoms with van der Waals surface area (Å²) in [5.41, 5.74) is 8.67. The monoisotopic (exact) mass is 422 g/mol. The normalized spacial score (nSPS) is 11.2. The van der Waals surface area contributed by atoms with Crippen molar-refractivity contribution < 1.29 is 9.59 Å². The van der Waals surface area contributed by atoms with Gasteiger partial charge >= 0.3 is 0 Å². The summed E-state index contributed by atoms with van der Waals surface area (Å²) < 4.78 is 0. The van der Waals surface area contributed by atoms with E-state index in [4.69, 9.17) is 0 Å². The van der Waals surface area contributed by atoms with Crippen molar-refractivity contribution in [3.63, 3.8) is 0 Å². The van der Waals surface area contributed by atoms with Crippen molar-refractivity contribution >= 4 is 35.6 Å². The van der Waals surface area contributed by atoms with Crippen molar-refractivity contribution in [2.45, 2.75) is 13.3 Å². The van der Waals surface area contributed by atoms with Crippen LogP contribution in [0.1, 0.15) is 24.5 Å². The van der Waals surface area contributed by atoms with Crippen LogP contribution < -0.4 is 20.7 Å². The highest BCUT2D eigenvalue weighted by atomic mass is 16.2. The van der Waals surface area contributed by atoms with Crippen molar-refractivity contribution in [2.75, 3.05) is 38.0 Å². The van der Waals surface area contributed by atoms with Crippen LogP contribution >= 0.6 is 0 Å². The summed E-state index contributed by atoms with van der Waals surface area (Å²) in [6.07, 6.45) is 3.41. The second-order valence-corrected chi connectivity index (χ2v) is 7.40. The van der Waals surface area contributed by atoms with E-state index >= 15 is 0 Å². The van der Waals surface area contributed by atoms with Crippen molar-refractivity contribution in [1.29, 1.82) is 0 Å². The van der Waals surface area contributed by atoms with Crippen LogP contribution in [0, 0.1) is 5.92 Å². The van der Waals surface area contributed by atoms with Crippen LogP contribution in [0.3, 0.4) is 0 Å². The molecule has 0 spiro atoms. The Morgan fingerprint density at radius 1 is 0.774 bits per heavy atom. The van der Waals surface area contributed by atoms with Gasteiger partial charge in [-0.2, -0.15) is 10.2 Å². The molecular weight excluding hydrogens is 392 g/mol. The molecule has 0 bridgehead atoms. The highest BCUT2D eigenvalue weighted by molar-refractivity contribution is 6.00. The number of nitrogens with one attached hydrogen (secondary N) is 2. The van der Waals surface area contributed by atoms with Crippen molar-refractivity contribution in [3.8, 4) is 0 Å². The predicted octanol–water partition coefficient (Wildman–Crippen LogP) is 2.45. The number of hydrazone groups is 2. The maximum Gasteiger partial charge on any atom is 0.252 e. The van der Waals surface area contributed by atoms with Crippen LogP contribution in [0.15, 0.2) is 58.7 Å². The lowest BCUT2D eigenvalue weighted by Gasteiger charge is -2.12. The standard InChI is InChI=1S/C23H30N6O2/c1-6-21(22(30)26-24-15-17-7-11-19(12-8-17)28(2)3)23(31)27-25-16-18-9-13-20(14-10-18)29(4)5/h7-16,21H,6H2,1-5H3,(H,26,30)(H,27,31)/b24-15+,25-16+. The molecule has 8 heteroatoms. The first kappa shape index (κ1) is 23.6. The zero-order valence-corrected chi connectivity index (χ0v) is 18.7. The maximum absolute atomic E-state index is 12.3. The Hall–Kier alpha value is -3.68. The maximum atomic E-state index is 12.3. The Morgan fingerprint density at radius 2 is 1.13 bits per heavy atom. The Kier molecular flexibility index (Phi) is 8.75. The van der Waals surface area contributed by atoms with E-state index in [9.17, 15) is 9.59 Å². The minimum Gasteiger partial charge on any atom is -0.378 e. The molecule has 0 aliphatic carbocycles. The van der Waals surface area contributed by atoms with Gasteiger partial charge in [0.1, 0.15) is 5.92 Å². The summed E-state index contributed by atoms with van der Waals surface area (Å²) in [4.78, 5) is 28.7. The van der Waals surface area contributed by atoms with Crippen LogP contribution in [-0.4, -0.2) is 52.4 Å². The second-order valence-electron chi connectivity index (χ2n) is 7.40. The Morgan fingerprint density at radius 3 is 1.42 bits per heavy atom. The van der Waals surface area contributed by atoms with Gasteiger partial charge in [0.15, 0.2) is 0 Å². The zero-order valence-electron chi connectivity index (χ0n) is 18.7. The number of nitrogens with zero attached hydrogens (tertiary/aromatic N) is 4. The predicted molar refractivity (Wildman–Crippen MR) is 127 cm³/mol. The molecule has 2 aromatic carbocycles. The third-order valence-electron chi connectivity index (χ3n) is 4.64. The lowest BCUT2D eigenvalue weighted by molar-refractivity contribution is -0.135. The van der Waals surface area contributed by atoms with E-state index < -0.39 is 17.7 Å². The lowest BCUT2D eigenvalue weighted by atomic mass is 10.1. The van der Waals surface area contributed by atoms with Gasteiger partial charge in [-0.05, 0) is 41.8 Å². The first-order chi connectivity index (χ1) is 14.8. The fraction of sp³-hybridized carbons (Fsp3) is 0.304. The summed E-state index contributed by atoms with van der Waals surface area (Å²) in [6.45, 7) is 1.76. The quantitative estimate of drug-likeness (QED) is 0.369. The Bertz CT molecular complexity index is 843. The number of hydrogen-bond acceptors (Lipinski definition) is 6. The summed E-state index contributed by atoms with van der Waals surface area (Å²) in [5.74, 6) is -1.85. The molecule has 164 valence electrons. The number of hydrogen-bond donors (Lipinski definition) is 2. The number of amides is 2. The molecule has 2 rings (SSSR count). The van der Waals surface area contributed by atoms with Gasteiger partial charge in [-0.1, -0.05) is 31.2 Å². The van der Waals surface area contributed by atoms with Gasteiger partial charge in [-0.15, -0.1) is 0 Å². The van der Waals surface area contributed by atoms with Gasteiger partial charge < -0.3 is 9.80 Å². The smallest absolute Gasteiger partial charge is 0.252 e. The molecule has 0 radical (unpaired) electrons. The third kappa shape index (κ3) is 7.26. The largest absolute Gasteiger partial charge is 0.378 e. The number of anilines is 2. The van der Waals surface area contributed by atoms with Crippen LogP contribution in [-0.2, 0) is 9.59 Å². The molecular formula is C23H30N6O2. The summed E-state index contributed by atoms with van der Waals surface area (Å²) in [6, 6.07) is 15.4. The lowest BCUT2D eigenvalue weighted by Crippen LogP contribution is -2.37. The molecule has 8 nitrogen and oxygen atoms in total. The molecule has 0 saturated carbocycles. The third-order valence-corrected chi connectivity index (χ3v) is 4.64. The van der Waals surface area contributed by atoms with Crippen molar-refractivity contribution in [2.24, 2.45) is 16.1 Å². The molecule has 0 fully saturated rings. The van der Waals surface area contributed by atoms with Gasteiger partial charge in [0, 0.05) is 39.6 Å². The minimum absolute atomic E-state index is 0.331. The Labute approximate surface area is 183 Å². The molecule has 0 aromatic heterocycles. The highest BCUT2D eigenvalue weighted by Crippen LogP contribution is 2.12. The van der Waals surface area contributed by atoms with Gasteiger partial charge in [0.25, 0.3) is 11.8 Å². The molecule has 0 unspecified atom stereocenters. The Balaban J connectivity index is 1.88. The second kappa shape index (κ2) is 11.5. The summed E-state index contributed by atoms with van der Waals surface area (Å²) in [5, 5.41) is 7.91. The van der Waals surface area contributed by atoms with Crippen molar-refractivity contribution in [3.05, 3.63) is 59.7 Å². The molecule has 0 heterocycles. The van der Waals surface area contributed by atoms with E-state index in [-0.39, 0.29) is 0 Å². The number of carbonyl (C=O) groups is 2. The fourth-order valence-corrected chi connectivity index (χ4v) is 2.70. The van der Waals surface area contributed by atoms with E-state index in [1.54, 1.807) is 6.92 Å². The van der Waals surface area contributed by atoms with Crippen LogP contribution in [0.4, 0.5) is 11.4 Å². The summed E-state index contributed by atoms with van der Waals surface area (Å²) >= 11 is 0. The van der Waals surface area contributed by atoms with Gasteiger partial charge in [0.2, 0.25) is 0 Å². The van der Waals surface area contributed by atoms with E-state index in [2.05, 4.69) is 21.1 Å². The molecule has 0 aliphatic heterocycles. The first-order valence-corrected chi connectivity index (χ1v) is 10.0. The highest BCUT2D eigenvalue weighted by Gasteiger charge is 2.24. The summed E-state index contributed by atoms with van der Waals surface area (Å²) in [7, 11) is 7.85. The molecule has 2 N–H and O–H groups in total. The van der Waals surface area contributed by atoms with Gasteiger partial charge in [-0.3, -0.25) is 9.59 Å². The molecule has 0 saturated heterocycles.